The van der Waals surface area contributed by atoms with Crippen molar-refractivity contribution in [2.24, 2.45) is 0 Å². The Labute approximate surface area is 150 Å². The maximum absolute atomic E-state index is 12.6. The lowest BCUT2D eigenvalue weighted by Crippen LogP contribution is -2.08. The highest BCUT2D eigenvalue weighted by Crippen LogP contribution is 2.50. The van der Waals surface area contributed by atoms with Gasteiger partial charge in [-0.05, 0) is 26.7 Å². The Kier molecular flexibility index (Phi) is 16.6. The van der Waals surface area contributed by atoms with Crippen LogP contribution in [-0.4, -0.2) is 19.3 Å². The minimum absolute atomic E-state index is 0.162. The Bertz CT molecular complexity index is 286. The molecule has 0 aliphatic rings. The Balaban J connectivity index is 3.88. The fourth-order valence-corrected chi connectivity index (χ4v) is 3.89. The minimum Gasteiger partial charge on any atom is -0.287 e. The Hall–Kier alpha value is 0.110. The molecule has 0 aromatic rings. The number of phosphoric acid groups is 1. The van der Waals surface area contributed by atoms with Crippen LogP contribution in [0.3, 0.4) is 0 Å². The van der Waals surface area contributed by atoms with Gasteiger partial charge in [0.1, 0.15) is 0 Å². The maximum atomic E-state index is 12.6. The largest absolute Gasteiger partial charge is 0.475 e. The van der Waals surface area contributed by atoms with Crippen molar-refractivity contribution >= 4 is 7.82 Å². The van der Waals surface area contributed by atoms with Crippen LogP contribution in [0.4, 0.5) is 0 Å². The van der Waals surface area contributed by atoms with Gasteiger partial charge in [0.25, 0.3) is 0 Å². The average Bonchev–Trinajstić information content (AvgIpc) is 2.52. The Morgan fingerprint density at radius 1 is 0.667 bits per heavy atom. The summed E-state index contributed by atoms with van der Waals surface area (Å²) in [5.41, 5.74) is 0. The highest BCUT2D eigenvalue weighted by atomic mass is 31.2. The lowest BCUT2D eigenvalue weighted by molar-refractivity contribution is 0.0883. The molecule has 0 saturated heterocycles. The molecule has 0 bridgehead atoms. The lowest BCUT2D eigenvalue weighted by atomic mass is 10.1. The highest BCUT2D eigenvalue weighted by Gasteiger charge is 2.27. The number of unbranched alkanes of at least 4 members (excludes halogenated alkanes) is 10. The van der Waals surface area contributed by atoms with Crippen LogP contribution in [0.15, 0.2) is 0 Å². The van der Waals surface area contributed by atoms with E-state index in [0.29, 0.717) is 13.2 Å². The SMILES string of the molecule is CCCCCCCCOP(=O)(OCCCCCCCC)OC(C)C. The number of hydrogen-bond acceptors (Lipinski definition) is 4. The molecule has 4 nitrogen and oxygen atoms in total. The van der Waals surface area contributed by atoms with Crippen molar-refractivity contribution in [2.75, 3.05) is 13.2 Å². The third-order valence-corrected chi connectivity index (χ3v) is 5.51. The first-order chi connectivity index (χ1) is 11.5. The smallest absolute Gasteiger partial charge is 0.287 e. The molecule has 0 rings (SSSR count). The van der Waals surface area contributed by atoms with Gasteiger partial charge in [0.15, 0.2) is 0 Å². The molecule has 0 atom stereocenters. The van der Waals surface area contributed by atoms with E-state index in [1.165, 1.54) is 51.4 Å². The molecule has 0 aromatic heterocycles. The van der Waals surface area contributed by atoms with E-state index in [2.05, 4.69) is 13.8 Å². The third kappa shape index (κ3) is 15.6. The van der Waals surface area contributed by atoms with Crippen molar-refractivity contribution in [2.45, 2.75) is 111 Å². The van der Waals surface area contributed by atoms with Gasteiger partial charge in [0, 0.05) is 0 Å². The van der Waals surface area contributed by atoms with E-state index in [4.69, 9.17) is 13.6 Å². The summed E-state index contributed by atoms with van der Waals surface area (Å²) in [7, 11) is -3.40. The van der Waals surface area contributed by atoms with E-state index in [-0.39, 0.29) is 6.10 Å². The van der Waals surface area contributed by atoms with Crippen molar-refractivity contribution < 1.29 is 18.1 Å². The first-order valence-electron chi connectivity index (χ1n) is 10.1. The zero-order chi connectivity index (χ0) is 18.1. The molecule has 146 valence electrons. The first-order valence-corrected chi connectivity index (χ1v) is 11.6. The fourth-order valence-electron chi connectivity index (χ4n) is 2.47. The van der Waals surface area contributed by atoms with E-state index >= 15 is 0 Å². The van der Waals surface area contributed by atoms with Gasteiger partial charge in [-0.15, -0.1) is 0 Å². The first kappa shape index (κ1) is 24.1. The molecule has 24 heavy (non-hydrogen) atoms. The molecule has 0 radical (unpaired) electrons. The lowest BCUT2D eigenvalue weighted by Gasteiger charge is -2.20. The van der Waals surface area contributed by atoms with Gasteiger partial charge in [-0.2, -0.15) is 0 Å². The second-order valence-corrected chi connectivity index (χ2v) is 8.43. The summed E-state index contributed by atoms with van der Waals surface area (Å²) in [6.07, 6.45) is 13.9. The predicted molar refractivity (Wildman–Crippen MR) is 102 cm³/mol. The molecule has 0 aromatic carbocycles. The van der Waals surface area contributed by atoms with E-state index in [0.717, 1.165) is 25.7 Å². The van der Waals surface area contributed by atoms with Crippen molar-refractivity contribution in [1.29, 1.82) is 0 Å². The summed E-state index contributed by atoms with van der Waals surface area (Å²) in [5, 5.41) is 0. The zero-order valence-electron chi connectivity index (χ0n) is 16.6. The minimum atomic E-state index is -3.40. The van der Waals surface area contributed by atoms with Gasteiger partial charge in [-0.1, -0.05) is 78.1 Å². The average molecular weight is 365 g/mol. The molecular formula is C19H41O4P. The number of rotatable bonds is 18. The van der Waals surface area contributed by atoms with Crippen molar-refractivity contribution in [1.82, 2.24) is 0 Å². The topological polar surface area (TPSA) is 44.8 Å². The quantitative estimate of drug-likeness (QED) is 0.189. The van der Waals surface area contributed by atoms with Gasteiger partial charge in [0.2, 0.25) is 0 Å². The molecule has 0 spiro atoms. The maximum Gasteiger partial charge on any atom is 0.475 e. The van der Waals surface area contributed by atoms with E-state index in [1.807, 2.05) is 13.8 Å². The number of hydrogen-bond donors (Lipinski definition) is 0. The second-order valence-electron chi connectivity index (χ2n) is 6.80. The molecule has 0 unspecified atom stereocenters. The molecule has 0 amide bonds. The molecule has 0 saturated carbocycles. The summed E-state index contributed by atoms with van der Waals surface area (Å²) in [6.45, 7) is 9.04. The predicted octanol–water partition coefficient (Wildman–Crippen LogP) is 7.27. The molecule has 0 heterocycles. The van der Waals surface area contributed by atoms with Crippen LogP contribution in [-0.2, 0) is 18.1 Å². The Morgan fingerprint density at radius 3 is 1.42 bits per heavy atom. The Morgan fingerprint density at radius 2 is 1.04 bits per heavy atom. The van der Waals surface area contributed by atoms with Gasteiger partial charge < -0.3 is 0 Å². The van der Waals surface area contributed by atoms with Crippen LogP contribution >= 0.6 is 7.82 Å². The van der Waals surface area contributed by atoms with Crippen LogP contribution < -0.4 is 0 Å². The summed E-state index contributed by atoms with van der Waals surface area (Å²) in [6, 6.07) is 0. The normalized spacial score (nSPS) is 12.2. The summed E-state index contributed by atoms with van der Waals surface area (Å²) in [5.74, 6) is 0. The van der Waals surface area contributed by atoms with Crippen LogP contribution in [0.5, 0.6) is 0 Å². The fraction of sp³-hybridized carbons (Fsp3) is 1.00. The molecule has 5 heteroatoms. The van der Waals surface area contributed by atoms with Gasteiger partial charge >= 0.3 is 7.82 Å². The van der Waals surface area contributed by atoms with Crippen LogP contribution in [0, 0.1) is 0 Å². The standard InChI is InChI=1S/C19H41O4P/c1-5-7-9-11-13-15-17-21-24(20,23-19(3)4)22-18-16-14-12-10-8-6-2/h19H,5-18H2,1-4H3. The molecular weight excluding hydrogens is 323 g/mol. The van der Waals surface area contributed by atoms with E-state index < -0.39 is 7.82 Å². The highest BCUT2D eigenvalue weighted by molar-refractivity contribution is 7.48. The summed E-state index contributed by atoms with van der Waals surface area (Å²) in [4.78, 5) is 0. The van der Waals surface area contributed by atoms with Crippen LogP contribution in [0.25, 0.3) is 0 Å². The van der Waals surface area contributed by atoms with E-state index in [9.17, 15) is 4.57 Å². The van der Waals surface area contributed by atoms with Crippen LogP contribution in [0.2, 0.25) is 0 Å². The van der Waals surface area contributed by atoms with Crippen molar-refractivity contribution in [3.05, 3.63) is 0 Å². The van der Waals surface area contributed by atoms with Crippen molar-refractivity contribution in [3.8, 4) is 0 Å². The van der Waals surface area contributed by atoms with E-state index in [1.54, 1.807) is 0 Å². The van der Waals surface area contributed by atoms with Gasteiger partial charge in [-0.3, -0.25) is 13.6 Å². The summed E-state index contributed by atoms with van der Waals surface area (Å²) < 4.78 is 29.1. The van der Waals surface area contributed by atoms with Gasteiger partial charge in [-0.25, -0.2) is 4.57 Å². The zero-order valence-corrected chi connectivity index (χ0v) is 17.5. The molecule has 0 aliphatic heterocycles. The second kappa shape index (κ2) is 16.6. The van der Waals surface area contributed by atoms with Crippen molar-refractivity contribution in [3.63, 3.8) is 0 Å². The van der Waals surface area contributed by atoms with Crippen LogP contribution in [0.1, 0.15) is 105 Å². The summed E-state index contributed by atoms with van der Waals surface area (Å²) >= 11 is 0. The molecule has 0 aliphatic carbocycles. The monoisotopic (exact) mass is 364 g/mol. The molecule has 0 N–H and O–H groups in total. The van der Waals surface area contributed by atoms with Gasteiger partial charge in [0.05, 0.1) is 19.3 Å². The molecule has 0 fully saturated rings. The third-order valence-electron chi connectivity index (χ3n) is 3.83. The number of phosphoric ester groups is 1.